The van der Waals surface area contributed by atoms with Crippen molar-refractivity contribution in [1.29, 1.82) is 0 Å². The summed E-state index contributed by atoms with van der Waals surface area (Å²) in [6.45, 7) is 3.50. The summed E-state index contributed by atoms with van der Waals surface area (Å²) in [5.41, 5.74) is 1.00. The molecule has 0 bridgehead atoms. The van der Waals surface area contributed by atoms with Crippen LogP contribution in [-0.2, 0) is 0 Å². The normalized spacial score (nSPS) is 15.5. The number of nitrogens with one attached hydrogen (secondary N) is 1. The summed E-state index contributed by atoms with van der Waals surface area (Å²) in [7, 11) is 0. The van der Waals surface area contributed by atoms with Gasteiger partial charge in [0.1, 0.15) is 12.1 Å². The van der Waals surface area contributed by atoms with Crippen molar-refractivity contribution < 1.29 is 8.78 Å². The number of halogens is 2. The van der Waals surface area contributed by atoms with E-state index in [4.69, 9.17) is 0 Å². The van der Waals surface area contributed by atoms with Gasteiger partial charge in [0, 0.05) is 43.4 Å². The Bertz CT molecular complexity index is 612. The van der Waals surface area contributed by atoms with Gasteiger partial charge in [-0.2, -0.15) is 0 Å². The van der Waals surface area contributed by atoms with Crippen LogP contribution >= 0.6 is 0 Å². The predicted octanol–water partition coefficient (Wildman–Crippen LogP) is 2.49. The standard InChI is InChI=1S/C15H16F2N4/c16-15(17)12-4-2-1-3-11(12)13-9-14(20-10-19-13)21-7-5-18-6-8-21/h1-4,9-10,15,18H,5-8H2. The van der Waals surface area contributed by atoms with Gasteiger partial charge < -0.3 is 10.2 Å². The zero-order chi connectivity index (χ0) is 14.7. The van der Waals surface area contributed by atoms with Crippen molar-refractivity contribution >= 4 is 5.82 Å². The molecule has 0 radical (unpaired) electrons. The summed E-state index contributed by atoms with van der Waals surface area (Å²) in [5.74, 6) is 0.783. The smallest absolute Gasteiger partial charge is 0.264 e. The number of hydrogen-bond donors (Lipinski definition) is 1. The van der Waals surface area contributed by atoms with E-state index in [1.165, 1.54) is 12.4 Å². The minimum atomic E-state index is -2.51. The lowest BCUT2D eigenvalue weighted by atomic mass is 10.0. The van der Waals surface area contributed by atoms with Crippen LogP contribution in [0.15, 0.2) is 36.7 Å². The molecule has 1 aliphatic heterocycles. The van der Waals surface area contributed by atoms with Crippen molar-refractivity contribution in [3.05, 3.63) is 42.2 Å². The first-order valence-corrected chi connectivity index (χ1v) is 6.91. The summed E-state index contributed by atoms with van der Waals surface area (Å²) >= 11 is 0. The van der Waals surface area contributed by atoms with E-state index in [2.05, 4.69) is 20.2 Å². The van der Waals surface area contributed by atoms with E-state index in [1.807, 2.05) is 0 Å². The molecule has 4 nitrogen and oxygen atoms in total. The summed E-state index contributed by atoms with van der Waals surface area (Å²) in [6, 6.07) is 8.25. The van der Waals surface area contributed by atoms with Crippen molar-refractivity contribution in [1.82, 2.24) is 15.3 Å². The van der Waals surface area contributed by atoms with Gasteiger partial charge in [0.15, 0.2) is 0 Å². The van der Waals surface area contributed by atoms with Gasteiger partial charge in [0.05, 0.1) is 5.69 Å². The Balaban J connectivity index is 1.96. The molecule has 0 saturated carbocycles. The Morgan fingerprint density at radius 1 is 1.10 bits per heavy atom. The van der Waals surface area contributed by atoms with Gasteiger partial charge in [-0.25, -0.2) is 18.7 Å². The van der Waals surface area contributed by atoms with Crippen LogP contribution < -0.4 is 10.2 Å². The van der Waals surface area contributed by atoms with Crippen LogP contribution in [0.4, 0.5) is 14.6 Å². The molecule has 1 aromatic heterocycles. The van der Waals surface area contributed by atoms with Crippen LogP contribution in [0.1, 0.15) is 12.0 Å². The molecule has 0 atom stereocenters. The van der Waals surface area contributed by atoms with Crippen LogP contribution in [0.5, 0.6) is 0 Å². The van der Waals surface area contributed by atoms with Gasteiger partial charge in [-0.3, -0.25) is 0 Å². The minimum absolute atomic E-state index is 0.00228. The molecule has 3 rings (SSSR count). The molecule has 1 fully saturated rings. The van der Waals surface area contributed by atoms with E-state index in [9.17, 15) is 8.78 Å². The van der Waals surface area contributed by atoms with E-state index in [0.717, 1.165) is 32.0 Å². The highest BCUT2D eigenvalue weighted by molar-refractivity contribution is 5.66. The van der Waals surface area contributed by atoms with Crippen LogP contribution in [0.3, 0.4) is 0 Å². The van der Waals surface area contributed by atoms with E-state index < -0.39 is 6.43 Å². The average molecular weight is 290 g/mol. The van der Waals surface area contributed by atoms with Gasteiger partial charge >= 0.3 is 0 Å². The van der Waals surface area contributed by atoms with Crippen molar-refractivity contribution in [3.8, 4) is 11.3 Å². The number of rotatable bonds is 3. The largest absolute Gasteiger partial charge is 0.354 e. The molecule has 2 heterocycles. The van der Waals surface area contributed by atoms with Gasteiger partial charge in [-0.15, -0.1) is 0 Å². The number of anilines is 1. The molecule has 0 spiro atoms. The highest BCUT2D eigenvalue weighted by atomic mass is 19.3. The number of alkyl halides is 2. The summed E-state index contributed by atoms with van der Waals surface area (Å²) in [6.07, 6.45) is -1.08. The maximum atomic E-state index is 13.1. The molecule has 2 aromatic rings. The number of aromatic nitrogens is 2. The Morgan fingerprint density at radius 2 is 1.86 bits per heavy atom. The van der Waals surface area contributed by atoms with Gasteiger partial charge in [-0.05, 0) is 0 Å². The lowest BCUT2D eigenvalue weighted by Gasteiger charge is -2.28. The number of nitrogens with zero attached hydrogens (tertiary/aromatic N) is 3. The van der Waals surface area contributed by atoms with Crippen LogP contribution in [-0.4, -0.2) is 36.1 Å². The van der Waals surface area contributed by atoms with Gasteiger partial charge in [0.2, 0.25) is 0 Å². The molecule has 1 N–H and O–H groups in total. The van der Waals surface area contributed by atoms with E-state index >= 15 is 0 Å². The molecular formula is C15H16F2N4. The quantitative estimate of drug-likeness (QED) is 0.943. The Labute approximate surface area is 121 Å². The summed E-state index contributed by atoms with van der Waals surface area (Å²) < 4.78 is 26.2. The van der Waals surface area contributed by atoms with E-state index in [-0.39, 0.29) is 5.56 Å². The average Bonchev–Trinajstić information content (AvgIpc) is 2.56. The summed E-state index contributed by atoms with van der Waals surface area (Å²) in [5, 5.41) is 3.27. The molecule has 0 unspecified atom stereocenters. The third kappa shape index (κ3) is 3.00. The van der Waals surface area contributed by atoms with E-state index in [0.29, 0.717) is 11.3 Å². The molecule has 6 heteroatoms. The van der Waals surface area contributed by atoms with Crippen molar-refractivity contribution in [3.63, 3.8) is 0 Å². The first kappa shape index (κ1) is 13.9. The Morgan fingerprint density at radius 3 is 2.62 bits per heavy atom. The topological polar surface area (TPSA) is 41.0 Å². The summed E-state index contributed by atoms with van der Waals surface area (Å²) in [4.78, 5) is 10.6. The van der Waals surface area contributed by atoms with Gasteiger partial charge in [0.25, 0.3) is 6.43 Å². The number of benzene rings is 1. The van der Waals surface area contributed by atoms with Crippen LogP contribution in [0, 0.1) is 0 Å². The molecule has 110 valence electrons. The SMILES string of the molecule is FC(F)c1ccccc1-c1cc(N2CCNCC2)ncn1. The maximum absolute atomic E-state index is 13.1. The fourth-order valence-corrected chi connectivity index (χ4v) is 2.48. The number of hydrogen-bond acceptors (Lipinski definition) is 4. The third-order valence-electron chi connectivity index (χ3n) is 3.57. The minimum Gasteiger partial charge on any atom is -0.354 e. The second-order valence-corrected chi connectivity index (χ2v) is 4.89. The van der Waals surface area contributed by atoms with Crippen molar-refractivity contribution in [2.75, 3.05) is 31.1 Å². The first-order chi connectivity index (χ1) is 10.3. The molecule has 1 aliphatic rings. The lowest BCUT2D eigenvalue weighted by molar-refractivity contribution is 0.152. The Kier molecular flexibility index (Phi) is 4.06. The molecule has 21 heavy (non-hydrogen) atoms. The first-order valence-electron chi connectivity index (χ1n) is 6.91. The second-order valence-electron chi connectivity index (χ2n) is 4.89. The molecule has 0 aliphatic carbocycles. The van der Waals surface area contributed by atoms with E-state index in [1.54, 1.807) is 24.3 Å². The molecule has 1 aromatic carbocycles. The zero-order valence-corrected chi connectivity index (χ0v) is 11.5. The highest BCUT2D eigenvalue weighted by Gasteiger charge is 2.17. The Hall–Kier alpha value is -2.08. The van der Waals surface area contributed by atoms with Gasteiger partial charge in [-0.1, -0.05) is 24.3 Å². The predicted molar refractivity (Wildman–Crippen MR) is 77.5 cm³/mol. The number of piperazine rings is 1. The second kappa shape index (κ2) is 6.13. The zero-order valence-electron chi connectivity index (χ0n) is 11.5. The fraction of sp³-hybridized carbons (Fsp3) is 0.333. The fourth-order valence-electron chi connectivity index (χ4n) is 2.48. The van der Waals surface area contributed by atoms with Crippen molar-refractivity contribution in [2.45, 2.75) is 6.43 Å². The third-order valence-corrected chi connectivity index (χ3v) is 3.57. The molecule has 0 amide bonds. The lowest BCUT2D eigenvalue weighted by Crippen LogP contribution is -2.43. The monoisotopic (exact) mass is 290 g/mol. The maximum Gasteiger partial charge on any atom is 0.264 e. The molecule has 1 saturated heterocycles. The van der Waals surface area contributed by atoms with Crippen LogP contribution in [0.2, 0.25) is 0 Å². The molecular weight excluding hydrogens is 274 g/mol. The van der Waals surface area contributed by atoms with Crippen LogP contribution in [0.25, 0.3) is 11.3 Å². The van der Waals surface area contributed by atoms with Crippen molar-refractivity contribution in [2.24, 2.45) is 0 Å². The highest BCUT2D eigenvalue weighted by Crippen LogP contribution is 2.30.